The molecule has 16 heavy (non-hydrogen) atoms. The normalized spacial score (nSPS) is 17.8. The zero-order valence-electron chi connectivity index (χ0n) is 9.39. The Morgan fingerprint density at radius 2 is 2.00 bits per heavy atom. The number of rotatable bonds is 3. The summed E-state index contributed by atoms with van der Waals surface area (Å²) in [6.45, 7) is 2.49. The summed E-state index contributed by atoms with van der Waals surface area (Å²) < 4.78 is 0. The molecule has 88 valence electrons. The van der Waals surface area contributed by atoms with Crippen LogP contribution in [0.2, 0.25) is 0 Å². The van der Waals surface area contributed by atoms with Crippen LogP contribution < -0.4 is 22.1 Å². The fraction of sp³-hybridized carbons (Fsp3) is 0.545. The van der Waals surface area contributed by atoms with Gasteiger partial charge in [0.15, 0.2) is 0 Å². The van der Waals surface area contributed by atoms with Crippen LogP contribution in [-0.4, -0.2) is 24.6 Å². The third-order valence-corrected chi connectivity index (χ3v) is 2.98. The first-order chi connectivity index (χ1) is 7.72. The second kappa shape index (κ2) is 4.67. The van der Waals surface area contributed by atoms with Crippen molar-refractivity contribution in [3.63, 3.8) is 0 Å². The highest BCUT2D eigenvalue weighted by Crippen LogP contribution is 2.23. The lowest BCUT2D eigenvalue weighted by atomic mass is 10.1. The Labute approximate surface area is 95.6 Å². The molecule has 1 aliphatic heterocycles. The van der Waals surface area contributed by atoms with Gasteiger partial charge in [-0.25, -0.2) is 4.98 Å². The molecule has 5 nitrogen and oxygen atoms in total. The molecular formula is C11H19N5. The van der Waals surface area contributed by atoms with Crippen molar-refractivity contribution in [1.82, 2.24) is 4.98 Å². The summed E-state index contributed by atoms with van der Waals surface area (Å²) in [6.07, 6.45) is 2.45. The molecule has 1 aromatic heterocycles. The van der Waals surface area contributed by atoms with E-state index in [2.05, 4.69) is 9.88 Å². The van der Waals surface area contributed by atoms with E-state index >= 15 is 0 Å². The van der Waals surface area contributed by atoms with E-state index in [1.807, 2.05) is 12.1 Å². The van der Waals surface area contributed by atoms with Gasteiger partial charge >= 0.3 is 0 Å². The number of hydrogen-bond acceptors (Lipinski definition) is 5. The highest BCUT2D eigenvalue weighted by molar-refractivity contribution is 5.52. The molecule has 6 N–H and O–H groups in total. The average Bonchev–Trinajstić information content (AvgIpc) is 2.82. The number of pyridine rings is 1. The molecule has 2 rings (SSSR count). The Morgan fingerprint density at radius 1 is 1.31 bits per heavy atom. The lowest BCUT2D eigenvalue weighted by molar-refractivity contribution is 0.711. The second-order valence-electron chi connectivity index (χ2n) is 4.18. The smallest absolute Gasteiger partial charge is 0.129 e. The maximum absolute atomic E-state index is 5.88. The van der Waals surface area contributed by atoms with Crippen molar-refractivity contribution in [2.45, 2.75) is 18.9 Å². The lowest BCUT2D eigenvalue weighted by Crippen LogP contribution is -2.25. The summed E-state index contributed by atoms with van der Waals surface area (Å²) >= 11 is 0. The summed E-state index contributed by atoms with van der Waals surface area (Å²) in [7, 11) is 0. The van der Waals surface area contributed by atoms with Crippen LogP contribution >= 0.6 is 0 Å². The minimum atomic E-state index is -0.275. The molecular weight excluding hydrogens is 202 g/mol. The maximum atomic E-state index is 5.88. The van der Waals surface area contributed by atoms with Gasteiger partial charge in [-0.05, 0) is 25.0 Å². The Balaban J connectivity index is 2.27. The van der Waals surface area contributed by atoms with E-state index in [-0.39, 0.29) is 6.04 Å². The molecule has 0 aromatic carbocycles. The number of nitrogens with two attached hydrogens (primary N) is 3. The predicted molar refractivity (Wildman–Crippen MR) is 66.1 cm³/mol. The van der Waals surface area contributed by atoms with E-state index in [4.69, 9.17) is 17.2 Å². The van der Waals surface area contributed by atoms with E-state index in [1.165, 1.54) is 12.8 Å². The number of nitrogen functional groups attached to an aromatic ring is 1. The minimum Gasteiger partial charge on any atom is -0.397 e. The first kappa shape index (κ1) is 11.2. The van der Waals surface area contributed by atoms with Gasteiger partial charge in [-0.3, -0.25) is 0 Å². The van der Waals surface area contributed by atoms with Crippen molar-refractivity contribution in [2.24, 2.45) is 11.5 Å². The van der Waals surface area contributed by atoms with Crippen molar-refractivity contribution < 1.29 is 0 Å². The summed E-state index contributed by atoms with van der Waals surface area (Å²) in [6, 6.07) is 3.54. The van der Waals surface area contributed by atoms with Crippen molar-refractivity contribution in [3.8, 4) is 0 Å². The highest BCUT2D eigenvalue weighted by atomic mass is 15.2. The third kappa shape index (κ3) is 2.10. The molecule has 0 radical (unpaired) electrons. The van der Waals surface area contributed by atoms with Gasteiger partial charge in [0.1, 0.15) is 5.82 Å². The van der Waals surface area contributed by atoms with Gasteiger partial charge in [-0.15, -0.1) is 0 Å². The number of hydrogen-bond donors (Lipinski definition) is 3. The van der Waals surface area contributed by atoms with Crippen LogP contribution in [0.1, 0.15) is 24.6 Å². The molecule has 0 aliphatic carbocycles. The van der Waals surface area contributed by atoms with Crippen LogP contribution in [-0.2, 0) is 0 Å². The SMILES string of the molecule is NCC(N)c1nc(N2CCCC2)ccc1N. The Kier molecular flexibility index (Phi) is 3.26. The van der Waals surface area contributed by atoms with Crippen molar-refractivity contribution in [1.29, 1.82) is 0 Å². The van der Waals surface area contributed by atoms with Gasteiger partial charge in [-0.1, -0.05) is 0 Å². The first-order valence-electron chi connectivity index (χ1n) is 5.69. The van der Waals surface area contributed by atoms with Crippen molar-refractivity contribution in [2.75, 3.05) is 30.3 Å². The van der Waals surface area contributed by atoms with Crippen LogP contribution in [0.3, 0.4) is 0 Å². The zero-order chi connectivity index (χ0) is 11.5. The predicted octanol–water partition coefficient (Wildman–Crippen LogP) is 0.223. The van der Waals surface area contributed by atoms with Gasteiger partial charge in [0.05, 0.1) is 17.4 Å². The molecule has 1 aromatic rings. The quantitative estimate of drug-likeness (QED) is 0.679. The maximum Gasteiger partial charge on any atom is 0.129 e. The second-order valence-corrected chi connectivity index (χ2v) is 4.18. The molecule has 1 aliphatic rings. The summed E-state index contributed by atoms with van der Waals surface area (Å²) in [5, 5.41) is 0. The van der Waals surface area contributed by atoms with E-state index in [0.29, 0.717) is 17.9 Å². The van der Waals surface area contributed by atoms with Crippen LogP contribution in [0.25, 0.3) is 0 Å². The summed E-state index contributed by atoms with van der Waals surface area (Å²) in [4.78, 5) is 6.78. The fourth-order valence-corrected chi connectivity index (χ4v) is 2.01. The van der Waals surface area contributed by atoms with E-state index in [9.17, 15) is 0 Å². The summed E-state index contributed by atoms with van der Waals surface area (Å²) in [5.74, 6) is 0.964. The molecule has 1 unspecified atom stereocenters. The first-order valence-corrected chi connectivity index (χ1v) is 5.69. The Morgan fingerprint density at radius 3 is 2.62 bits per heavy atom. The lowest BCUT2D eigenvalue weighted by Gasteiger charge is -2.19. The molecule has 1 atom stereocenters. The molecule has 1 saturated heterocycles. The van der Waals surface area contributed by atoms with Gasteiger partial charge in [0.2, 0.25) is 0 Å². The van der Waals surface area contributed by atoms with Gasteiger partial charge in [0, 0.05) is 19.6 Å². The molecule has 0 amide bonds. The average molecular weight is 221 g/mol. The third-order valence-electron chi connectivity index (χ3n) is 2.98. The Hall–Kier alpha value is -1.33. The number of aromatic nitrogens is 1. The van der Waals surface area contributed by atoms with Crippen LogP contribution in [0.15, 0.2) is 12.1 Å². The molecule has 0 bridgehead atoms. The monoisotopic (exact) mass is 221 g/mol. The van der Waals surface area contributed by atoms with E-state index in [1.54, 1.807) is 0 Å². The molecule has 0 spiro atoms. The molecule has 2 heterocycles. The van der Waals surface area contributed by atoms with Gasteiger partial charge < -0.3 is 22.1 Å². The summed E-state index contributed by atoms with van der Waals surface area (Å²) in [5.41, 5.74) is 18.6. The van der Waals surface area contributed by atoms with Crippen LogP contribution in [0.4, 0.5) is 11.5 Å². The van der Waals surface area contributed by atoms with Crippen LogP contribution in [0.5, 0.6) is 0 Å². The fourth-order valence-electron chi connectivity index (χ4n) is 2.01. The Bertz CT molecular complexity index is 359. The van der Waals surface area contributed by atoms with Crippen molar-refractivity contribution in [3.05, 3.63) is 17.8 Å². The zero-order valence-corrected chi connectivity index (χ0v) is 9.39. The number of anilines is 2. The highest BCUT2D eigenvalue weighted by Gasteiger charge is 2.16. The largest absolute Gasteiger partial charge is 0.397 e. The van der Waals surface area contributed by atoms with E-state index in [0.717, 1.165) is 18.9 Å². The standard InChI is InChI=1S/C11H19N5/c12-7-9(14)11-8(13)3-4-10(15-11)16-5-1-2-6-16/h3-4,9H,1-2,5-7,12-14H2. The molecule has 0 saturated carbocycles. The van der Waals surface area contributed by atoms with Crippen LogP contribution in [0, 0.1) is 0 Å². The molecule has 1 fully saturated rings. The van der Waals surface area contributed by atoms with Gasteiger partial charge in [-0.2, -0.15) is 0 Å². The van der Waals surface area contributed by atoms with Gasteiger partial charge in [0.25, 0.3) is 0 Å². The minimum absolute atomic E-state index is 0.275. The van der Waals surface area contributed by atoms with E-state index < -0.39 is 0 Å². The molecule has 5 heteroatoms. The van der Waals surface area contributed by atoms with Crippen molar-refractivity contribution >= 4 is 11.5 Å². The number of nitrogens with zero attached hydrogens (tertiary/aromatic N) is 2. The topological polar surface area (TPSA) is 94.2 Å².